The normalized spacial score (nSPS) is 11.5. The molecule has 0 aliphatic rings. The average Bonchev–Trinajstić information content (AvgIpc) is 2.59. The highest BCUT2D eigenvalue weighted by molar-refractivity contribution is 5.49. The molecular formula is C24H32. The number of hydrogen-bond donors (Lipinski definition) is 0. The summed E-state index contributed by atoms with van der Waals surface area (Å²) in [5.74, 6) is 0. The summed E-state index contributed by atoms with van der Waals surface area (Å²) in [4.78, 5) is 0. The predicted molar refractivity (Wildman–Crippen MR) is 110 cm³/mol. The van der Waals surface area contributed by atoms with E-state index in [1.54, 1.807) is 0 Å². The molecule has 0 saturated heterocycles. The van der Waals surface area contributed by atoms with E-state index >= 15 is 0 Å². The molecule has 0 aromatic heterocycles. The van der Waals surface area contributed by atoms with Gasteiger partial charge in [0.2, 0.25) is 0 Å². The quantitative estimate of drug-likeness (QED) is 0.497. The fourth-order valence-corrected chi connectivity index (χ4v) is 2.02. The lowest BCUT2D eigenvalue weighted by atomic mass is 9.95. The maximum atomic E-state index is 2.25. The van der Waals surface area contributed by atoms with Crippen molar-refractivity contribution in [2.75, 3.05) is 0 Å². The van der Waals surface area contributed by atoms with Gasteiger partial charge in [-0.05, 0) is 23.0 Å². The van der Waals surface area contributed by atoms with Gasteiger partial charge in [-0.15, -0.1) is 0 Å². The molecule has 0 spiro atoms. The van der Waals surface area contributed by atoms with Crippen LogP contribution in [0, 0.1) is 5.41 Å². The van der Waals surface area contributed by atoms with Gasteiger partial charge < -0.3 is 0 Å². The van der Waals surface area contributed by atoms with Crippen molar-refractivity contribution in [3.63, 3.8) is 0 Å². The van der Waals surface area contributed by atoms with Crippen LogP contribution in [0.4, 0.5) is 0 Å². The van der Waals surface area contributed by atoms with E-state index < -0.39 is 0 Å². The SMILES string of the molecule is CC(C)(C)C=Cc1ccccc1.CCCCC=Cc1ccccc1. The molecule has 0 bridgehead atoms. The molecule has 0 saturated carbocycles. The first kappa shape index (κ1) is 20.0. The highest BCUT2D eigenvalue weighted by atomic mass is 14.1. The minimum atomic E-state index is 0.274. The van der Waals surface area contributed by atoms with E-state index in [-0.39, 0.29) is 5.41 Å². The van der Waals surface area contributed by atoms with Crippen LogP contribution in [-0.2, 0) is 0 Å². The van der Waals surface area contributed by atoms with E-state index in [1.807, 2.05) is 12.1 Å². The smallest absolute Gasteiger partial charge is 0.0200 e. The van der Waals surface area contributed by atoms with E-state index in [2.05, 4.69) is 101 Å². The molecule has 0 aliphatic carbocycles. The number of benzene rings is 2. The number of rotatable bonds is 5. The van der Waals surface area contributed by atoms with E-state index in [4.69, 9.17) is 0 Å². The van der Waals surface area contributed by atoms with Crippen molar-refractivity contribution in [3.8, 4) is 0 Å². The van der Waals surface area contributed by atoms with Gasteiger partial charge in [-0.2, -0.15) is 0 Å². The zero-order valence-electron chi connectivity index (χ0n) is 15.7. The molecule has 0 radical (unpaired) electrons. The molecule has 0 N–H and O–H groups in total. The monoisotopic (exact) mass is 320 g/mol. The Kier molecular flexibility index (Phi) is 9.53. The standard InChI is InChI=1S/2C12H16/c1-12(2,3)10-9-11-7-5-4-6-8-11;1-2-3-4-6-9-12-10-7-5-8-11-12/h4-10H,1-3H3;5-11H,2-4H2,1H3. The number of unbranched alkanes of at least 4 members (excludes halogenated alkanes) is 2. The van der Waals surface area contributed by atoms with Gasteiger partial charge in [0.05, 0.1) is 0 Å². The zero-order valence-corrected chi connectivity index (χ0v) is 15.7. The van der Waals surface area contributed by atoms with Crippen LogP contribution in [0.1, 0.15) is 58.1 Å². The largest absolute Gasteiger partial charge is 0.0839 e. The Morgan fingerprint density at radius 3 is 1.71 bits per heavy atom. The lowest BCUT2D eigenvalue weighted by molar-refractivity contribution is 0.547. The highest BCUT2D eigenvalue weighted by Crippen LogP contribution is 2.16. The summed E-state index contributed by atoms with van der Waals surface area (Å²) in [6.45, 7) is 8.82. The highest BCUT2D eigenvalue weighted by Gasteiger charge is 2.02. The molecule has 0 fully saturated rings. The molecule has 24 heavy (non-hydrogen) atoms. The third kappa shape index (κ3) is 10.6. The van der Waals surface area contributed by atoms with Crippen molar-refractivity contribution in [1.29, 1.82) is 0 Å². The Morgan fingerprint density at radius 2 is 1.25 bits per heavy atom. The summed E-state index contributed by atoms with van der Waals surface area (Å²) < 4.78 is 0. The Balaban J connectivity index is 0.000000240. The van der Waals surface area contributed by atoms with Gasteiger partial charge in [0.1, 0.15) is 0 Å². The fraction of sp³-hybridized carbons (Fsp3) is 0.333. The van der Waals surface area contributed by atoms with Gasteiger partial charge in [-0.25, -0.2) is 0 Å². The van der Waals surface area contributed by atoms with Gasteiger partial charge in [-0.1, -0.05) is 126 Å². The summed E-state index contributed by atoms with van der Waals surface area (Å²) in [5.41, 5.74) is 2.84. The van der Waals surface area contributed by atoms with Gasteiger partial charge >= 0.3 is 0 Å². The van der Waals surface area contributed by atoms with Crippen LogP contribution in [0.15, 0.2) is 72.8 Å². The lowest BCUT2D eigenvalue weighted by Crippen LogP contribution is -1.97. The third-order valence-electron chi connectivity index (χ3n) is 3.41. The first-order valence-corrected chi connectivity index (χ1v) is 8.97. The predicted octanol–water partition coefficient (Wildman–Crippen LogP) is 7.64. The lowest BCUT2D eigenvalue weighted by Gasteiger charge is -2.10. The second kappa shape index (κ2) is 11.5. The van der Waals surface area contributed by atoms with E-state index in [1.165, 1.54) is 30.4 Å². The van der Waals surface area contributed by atoms with Crippen molar-refractivity contribution in [3.05, 3.63) is 83.9 Å². The summed E-state index contributed by atoms with van der Waals surface area (Å²) in [7, 11) is 0. The number of hydrogen-bond acceptors (Lipinski definition) is 0. The van der Waals surface area contributed by atoms with Crippen LogP contribution < -0.4 is 0 Å². The van der Waals surface area contributed by atoms with E-state index in [9.17, 15) is 0 Å². The first-order chi connectivity index (χ1) is 11.5. The molecule has 2 aromatic rings. The van der Waals surface area contributed by atoms with Crippen molar-refractivity contribution in [2.24, 2.45) is 5.41 Å². The van der Waals surface area contributed by atoms with Crippen molar-refractivity contribution in [1.82, 2.24) is 0 Å². The van der Waals surface area contributed by atoms with Crippen LogP contribution >= 0.6 is 0 Å². The topological polar surface area (TPSA) is 0 Å². The van der Waals surface area contributed by atoms with Crippen molar-refractivity contribution >= 4 is 12.2 Å². The minimum absolute atomic E-state index is 0.274. The molecule has 0 unspecified atom stereocenters. The van der Waals surface area contributed by atoms with Crippen molar-refractivity contribution < 1.29 is 0 Å². The molecule has 2 aromatic carbocycles. The molecule has 0 amide bonds. The molecule has 2 rings (SSSR count). The van der Waals surface area contributed by atoms with E-state index in [0.29, 0.717) is 0 Å². The maximum absolute atomic E-state index is 2.25. The third-order valence-corrected chi connectivity index (χ3v) is 3.41. The Hall–Kier alpha value is -2.08. The Bertz CT molecular complexity index is 583. The van der Waals surface area contributed by atoms with E-state index in [0.717, 1.165) is 0 Å². The van der Waals surface area contributed by atoms with Crippen LogP contribution in [0.5, 0.6) is 0 Å². The Morgan fingerprint density at radius 1 is 0.750 bits per heavy atom. The second-order valence-electron chi connectivity index (χ2n) is 7.07. The summed E-state index contributed by atoms with van der Waals surface area (Å²) in [6, 6.07) is 20.8. The van der Waals surface area contributed by atoms with Crippen LogP contribution in [-0.4, -0.2) is 0 Å². The summed E-state index contributed by atoms with van der Waals surface area (Å²) >= 11 is 0. The fourth-order valence-electron chi connectivity index (χ4n) is 2.02. The maximum Gasteiger partial charge on any atom is -0.0200 e. The molecule has 128 valence electrons. The average molecular weight is 321 g/mol. The molecule has 0 nitrogen and oxygen atoms in total. The molecule has 0 aliphatic heterocycles. The van der Waals surface area contributed by atoms with Gasteiger partial charge in [0.25, 0.3) is 0 Å². The first-order valence-electron chi connectivity index (χ1n) is 8.97. The van der Waals surface area contributed by atoms with Gasteiger partial charge in [-0.3, -0.25) is 0 Å². The Labute approximate surface area is 148 Å². The molecule has 0 atom stereocenters. The van der Waals surface area contributed by atoms with Crippen molar-refractivity contribution in [2.45, 2.75) is 47.0 Å². The van der Waals surface area contributed by atoms with Gasteiger partial charge in [0, 0.05) is 0 Å². The van der Waals surface area contributed by atoms with Gasteiger partial charge in [0.15, 0.2) is 0 Å². The number of allylic oxidation sites excluding steroid dienone is 2. The molecular weight excluding hydrogens is 288 g/mol. The van der Waals surface area contributed by atoms with Crippen LogP contribution in [0.2, 0.25) is 0 Å². The van der Waals surface area contributed by atoms with Crippen LogP contribution in [0.3, 0.4) is 0 Å². The molecule has 0 heteroatoms. The zero-order chi connectivity index (χ0) is 17.7. The summed E-state index contributed by atoms with van der Waals surface area (Å²) in [5, 5.41) is 0. The van der Waals surface area contributed by atoms with Crippen LogP contribution in [0.25, 0.3) is 12.2 Å². The second-order valence-corrected chi connectivity index (χ2v) is 7.07. The summed E-state index contributed by atoms with van der Waals surface area (Å²) in [6.07, 6.45) is 12.6. The molecule has 0 heterocycles. The minimum Gasteiger partial charge on any atom is -0.0839 e.